The lowest BCUT2D eigenvalue weighted by molar-refractivity contribution is 0.500. The molecule has 3 atom stereocenters. The summed E-state index contributed by atoms with van der Waals surface area (Å²) >= 11 is 7.97. The molecule has 1 aromatic rings. The second-order valence-electron chi connectivity index (χ2n) is 5.22. The van der Waals surface area contributed by atoms with Crippen LogP contribution in [0.25, 0.3) is 0 Å². The molecule has 1 aliphatic rings. The third kappa shape index (κ3) is 3.57. The molecule has 114 valence electrons. The molecular weight excluding hydrogens is 354 g/mol. The van der Waals surface area contributed by atoms with Gasteiger partial charge in [0.1, 0.15) is 0 Å². The maximum absolute atomic E-state index is 4.51. The van der Waals surface area contributed by atoms with Crippen molar-refractivity contribution in [3.63, 3.8) is 0 Å². The number of halogens is 1. The average Bonchev–Trinajstić information content (AvgIpc) is 2.70. The van der Waals surface area contributed by atoms with E-state index in [4.69, 9.17) is 0 Å². The van der Waals surface area contributed by atoms with E-state index in [1.54, 1.807) is 0 Å². The molecule has 0 saturated carbocycles. The highest BCUT2D eigenvalue weighted by Crippen LogP contribution is 2.36. The molecular formula is C14H24BrN3S2. The largest absolute Gasteiger partial charge is 0.315 e. The molecule has 2 heterocycles. The first kappa shape index (κ1) is 16.7. The van der Waals surface area contributed by atoms with Crippen molar-refractivity contribution in [1.29, 1.82) is 0 Å². The third-order valence-corrected chi connectivity index (χ3v) is 8.38. The maximum Gasteiger partial charge on any atom is 0.0738 e. The summed E-state index contributed by atoms with van der Waals surface area (Å²) in [5.74, 6) is 2.57. The zero-order valence-corrected chi connectivity index (χ0v) is 15.9. The summed E-state index contributed by atoms with van der Waals surface area (Å²) in [7, 11) is 4.13. The lowest BCUT2D eigenvalue weighted by Crippen LogP contribution is -2.45. The summed E-state index contributed by atoms with van der Waals surface area (Å²) in [6.07, 6.45) is 2.29. The van der Waals surface area contributed by atoms with Gasteiger partial charge in [-0.15, -0.1) is 0 Å². The van der Waals surface area contributed by atoms with E-state index in [1.165, 1.54) is 28.1 Å². The Kier molecular flexibility index (Phi) is 6.32. The average molecular weight is 378 g/mol. The minimum absolute atomic E-state index is 0.504. The van der Waals surface area contributed by atoms with Gasteiger partial charge in [-0.2, -0.15) is 28.6 Å². The number of thioether (sulfide) groups is 2. The van der Waals surface area contributed by atoms with Crippen molar-refractivity contribution in [2.24, 2.45) is 7.05 Å². The first-order valence-corrected chi connectivity index (χ1v) is 10.1. The molecule has 6 heteroatoms. The van der Waals surface area contributed by atoms with Crippen LogP contribution in [-0.4, -0.2) is 44.9 Å². The number of aryl methyl sites for hydroxylation is 2. The van der Waals surface area contributed by atoms with Crippen LogP contribution in [0.5, 0.6) is 0 Å². The van der Waals surface area contributed by atoms with Crippen LogP contribution in [0.1, 0.15) is 24.7 Å². The Bertz CT molecular complexity index is 450. The highest BCUT2D eigenvalue weighted by molar-refractivity contribution is 9.10. The molecule has 3 nitrogen and oxygen atoms in total. The molecule has 1 saturated heterocycles. The van der Waals surface area contributed by atoms with E-state index in [-0.39, 0.29) is 0 Å². The number of hydrogen-bond donors (Lipinski definition) is 1. The lowest BCUT2D eigenvalue weighted by atomic mass is 10.0. The van der Waals surface area contributed by atoms with Gasteiger partial charge < -0.3 is 5.32 Å². The summed E-state index contributed by atoms with van der Waals surface area (Å²) in [4.78, 5) is 0. The third-order valence-electron chi connectivity index (χ3n) is 3.94. The van der Waals surface area contributed by atoms with E-state index < -0.39 is 0 Å². The highest BCUT2D eigenvalue weighted by atomic mass is 79.9. The minimum atomic E-state index is 0.504. The first-order chi connectivity index (χ1) is 9.58. The van der Waals surface area contributed by atoms with Crippen molar-refractivity contribution in [2.45, 2.75) is 43.2 Å². The van der Waals surface area contributed by atoms with Crippen molar-refractivity contribution >= 4 is 39.5 Å². The fourth-order valence-electron chi connectivity index (χ4n) is 2.80. The zero-order valence-electron chi connectivity index (χ0n) is 12.6. The molecule has 0 aliphatic carbocycles. The summed E-state index contributed by atoms with van der Waals surface area (Å²) in [5.41, 5.74) is 2.38. The molecule has 2 rings (SSSR count). The highest BCUT2D eigenvalue weighted by Gasteiger charge is 2.32. The summed E-state index contributed by atoms with van der Waals surface area (Å²) in [6.45, 7) is 4.37. The molecule has 1 fully saturated rings. The predicted octanol–water partition coefficient (Wildman–Crippen LogP) is 3.25. The van der Waals surface area contributed by atoms with Crippen LogP contribution in [0, 0.1) is 6.92 Å². The van der Waals surface area contributed by atoms with E-state index in [0.717, 1.165) is 17.4 Å². The Morgan fingerprint density at radius 3 is 2.70 bits per heavy atom. The normalized spacial score (nSPS) is 24.9. The molecule has 1 aromatic heterocycles. The van der Waals surface area contributed by atoms with Crippen LogP contribution in [-0.2, 0) is 13.5 Å². The van der Waals surface area contributed by atoms with Gasteiger partial charge in [-0.25, -0.2) is 0 Å². The standard InChI is InChI=1S/C14H24BrN3S2/c1-5-12-14(20-7-6-19-12)10(16-3)8-11-13(15)9(2)17-18(11)4/h10,12,14,16H,5-8H2,1-4H3. The number of rotatable bonds is 5. The number of nitrogens with one attached hydrogen (secondary N) is 1. The molecule has 0 bridgehead atoms. The smallest absolute Gasteiger partial charge is 0.0738 e. The van der Waals surface area contributed by atoms with E-state index >= 15 is 0 Å². The van der Waals surface area contributed by atoms with Gasteiger partial charge in [0, 0.05) is 41.5 Å². The molecule has 0 amide bonds. The lowest BCUT2D eigenvalue weighted by Gasteiger charge is -2.36. The first-order valence-electron chi connectivity index (χ1n) is 7.16. The van der Waals surface area contributed by atoms with Gasteiger partial charge >= 0.3 is 0 Å². The second-order valence-corrected chi connectivity index (χ2v) is 8.65. The van der Waals surface area contributed by atoms with Crippen molar-refractivity contribution in [2.75, 3.05) is 18.6 Å². The van der Waals surface area contributed by atoms with E-state index in [0.29, 0.717) is 11.3 Å². The second kappa shape index (κ2) is 7.56. The fraction of sp³-hybridized carbons (Fsp3) is 0.786. The number of likely N-dealkylation sites (N-methyl/N-ethyl adjacent to an activating group) is 1. The van der Waals surface area contributed by atoms with E-state index in [1.807, 2.05) is 11.7 Å². The fourth-order valence-corrected chi connectivity index (χ4v) is 6.60. The van der Waals surface area contributed by atoms with Gasteiger partial charge in [0.05, 0.1) is 15.9 Å². The Hall–Kier alpha value is 0.350. The van der Waals surface area contributed by atoms with Crippen molar-refractivity contribution < 1.29 is 0 Å². The SMILES string of the molecule is CCC1SCCSC1C(Cc1c(Br)c(C)nn1C)NC. The Morgan fingerprint density at radius 1 is 1.45 bits per heavy atom. The maximum atomic E-state index is 4.51. The van der Waals surface area contributed by atoms with Gasteiger partial charge in [-0.1, -0.05) is 6.92 Å². The zero-order chi connectivity index (χ0) is 14.7. The van der Waals surface area contributed by atoms with Gasteiger partial charge in [0.25, 0.3) is 0 Å². The van der Waals surface area contributed by atoms with Crippen LogP contribution in [0.2, 0.25) is 0 Å². The molecule has 20 heavy (non-hydrogen) atoms. The van der Waals surface area contributed by atoms with Crippen molar-refractivity contribution in [3.8, 4) is 0 Å². The number of nitrogens with zero attached hydrogens (tertiary/aromatic N) is 2. The van der Waals surface area contributed by atoms with Crippen LogP contribution in [0.4, 0.5) is 0 Å². The van der Waals surface area contributed by atoms with Crippen LogP contribution < -0.4 is 5.32 Å². The number of hydrogen-bond acceptors (Lipinski definition) is 4. The van der Waals surface area contributed by atoms with Crippen molar-refractivity contribution in [3.05, 3.63) is 15.9 Å². The Balaban J connectivity index is 2.15. The summed E-state index contributed by atoms with van der Waals surface area (Å²) in [6, 6.07) is 0.504. The van der Waals surface area contributed by atoms with Crippen LogP contribution in [0.15, 0.2) is 4.47 Å². The van der Waals surface area contributed by atoms with E-state index in [2.05, 4.69) is 70.8 Å². The van der Waals surface area contributed by atoms with E-state index in [9.17, 15) is 0 Å². The molecule has 1 N–H and O–H groups in total. The summed E-state index contributed by atoms with van der Waals surface area (Å²) < 4.78 is 3.19. The predicted molar refractivity (Wildman–Crippen MR) is 95.0 cm³/mol. The Labute approximate surface area is 139 Å². The molecule has 0 aromatic carbocycles. The molecule has 1 aliphatic heterocycles. The van der Waals surface area contributed by atoms with Gasteiger partial charge in [0.15, 0.2) is 0 Å². The monoisotopic (exact) mass is 377 g/mol. The van der Waals surface area contributed by atoms with Crippen LogP contribution >= 0.6 is 39.5 Å². The summed E-state index contributed by atoms with van der Waals surface area (Å²) in [5, 5.41) is 9.51. The minimum Gasteiger partial charge on any atom is -0.315 e. The van der Waals surface area contributed by atoms with Gasteiger partial charge in [-0.05, 0) is 36.3 Å². The van der Waals surface area contributed by atoms with Gasteiger partial charge in [-0.3, -0.25) is 4.68 Å². The quantitative estimate of drug-likeness (QED) is 0.852. The van der Waals surface area contributed by atoms with Crippen LogP contribution in [0.3, 0.4) is 0 Å². The van der Waals surface area contributed by atoms with Crippen molar-refractivity contribution in [1.82, 2.24) is 15.1 Å². The Morgan fingerprint density at radius 2 is 2.15 bits per heavy atom. The van der Waals surface area contributed by atoms with Gasteiger partial charge in [0.2, 0.25) is 0 Å². The molecule has 0 radical (unpaired) electrons. The molecule has 0 spiro atoms. The topological polar surface area (TPSA) is 29.9 Å². The number of aromatic nitrogens is 2. The molecule has 3 unspecified atom stereocenters.